The van der Waals surface area contributed by atoms with Crippen LogP contribution in [0.2, 0.25) is 0 Å². The molecule has 0 heterocycles. The number of ketones is 2. The molecule has 9 atom stereocenters. The number of carbonyl (C=O) groups excluding carboxylic acids is 4. The van der Waals surface area contributed by atoms with E-state index in [2.05, 4.69) is 4.84 Å². The molecular formula is C34H43FN2O12. The standard InChI is InChI=1S/C34H43FN2O12/c1-31-11-10-22(38)14-21(31)8-9-23-24-15-26(39)34(44,32(24,2)16-27(40)33(23,31)35)28(41)18-48-30(43)25(36)17-47-29(42)20-7-3-5-19(13-20)6-4-12-49-37(45)46/h3,5,7,10-11,13-14,23-27,39-40,44-46H,4,6,8-9,12,15-18,36H2,1-2H3/t23-,24-,25?,26+,27-,31-,32-,33-,34-/m0/s1. The summed E-state index contributed by atoms with van der Waals surface area (Å²) in [6, 6.07) is 4.90. The number of halogens is 1. The molecule has 4 aliphatic rings. The van der Waals surface area contributed by atoms with Crippen LogP contribution < -0.4 is 5.73 Å². The number of hydrogen-bond acceptors (Lipinski definition) is 14. The first-order chi connectivity index (χ1) is 23.0. The van der Waals surface area contributed by atoms with Crippen molar-refractivity contribution >= 4 is 23.5 Å². The molecule has 0 spiro atoms. The highest BCUT2D eigenvalue weighted by Crippen LogP contribution is 2.69. The Morgan fingerprint density at radius 2 is 1.86 bits per heavy atom. The number of benzene rings is 1. The lowest BCUT2D eigenvalue weighted by molar-refractivity contribution is -0.492. The Kier molecular flexibility index (Phi) is 10.3. The van der Waals surface area contributed by atoms with Gasteiger partial charge in [-0.2, -0.15) is 0 Å². The van der Waals surface area contributed by atoms with Gasteiger partial charge in [-0.15, -0.1) is 0 Å². The normalized spacial score (nSPS) is 35.6. The minimum absolute atomic E-state index is 0.0120. The van der Waals surface area contributed by atoms with Crippen LogP contribution >= 0.6 is 0 Å². The van der Waals surface area contributed by atoms with Crippen molar-refractivity contribution < 1.29 is 63.6 Å². The van der Waals surface area contributed by atoms with Crippen LogP contribution in [0.3, 0.4) is 0 Å². The van der Waals surface area contributed by atoms with Crippen LogP contribution in [0.5, 0.6) is 0 Å². The SMILES string of the molecule is C[C@]12C=CC(=O)C=C1CC[C@H]1[C@@H]3C[C@@H](O)[C@](O)(C(=O)COC(=O)C(N)COC(=O)c4cccc(CCCON(O)O)c4)[C@@]3(C)C[C@H](O)[C@@]12F. The number of aryl methyl sites for hydroxylation is 1. The molecule has 7 N–H and O–H groups in total. The van der Waals surface area contributed by atoms with E-state index in [1.165, 1.54) is 31.2 Å². The van der Waals surface area contributed by atoms with E-state index in [9.17, 15) is 34.5 Å². The van der Waals surface area contributed by atoms with Gasteiger partial charge in [-0.05, 0) is 81.2 Å². The van der Waals surface area contributed by atoms with Gasteiger partial charge in [0.05, 0.1) is 29.8 Å². The maximum atomic E-state index is 17.3. The van der Waals surface area contributed by atoms with E-state index in [0.717, 1.165) is 5.56 Å². The Morgan fingerprint density at radius 3 is 2.57 bits per heavy atom. The highest BCUT2D eigenvalue weighted by atomic mass is 19.1. The molecule has 0 aliphatic heterocycles. The topological polar surface area (TPSA) is 226 Å². The number of rotatable bonds is 12. The van der Waals surface area contributed by atoms with Gasteiger partial charge >= 0.3 is 11.9 Å². The molecule has 4 aliphatic carbocycles. The monoisotopic (exact) mass is 690 g/mol. The summed E-state index contributed by atoms with van der Waals surface area (Å²) < 4.78 is 27.5. The summed E-state index contributed by atoms with van der Waals surface area (Å²) in [5, 5.41) is 51.2. The Balaban J connectivity index is 1.19. The predicted molar refractivity (Wildman–Crippen MR) is 165 cm³/mol. The van der Waals surface area contributed by atoms with Crippen molar-refractivity contribution in [3.8, 4) is 0 Å². The Bertz CT molecular complexity index is 1550. The third kappa shape index (κ3) is 6.27. The van der Waals surface area contributed by atoms with E-state index in [-0.39, 0.29) is 37.2 Å². The van der Waals surface area contributed by atoms with E-state index in [0.29, 0.717) is 24.8 Å². The fourth-order valence-corrected chi connectivity index (χ4v) is 8.68. The molecule has 268 valence electrons. The van der Waals surface area contributed by atoms with Crippen molar-refractivity contribution in [2.75, 3.05) is 19.8 Å². The summed E-state index contributed by atoms with van der Waals surface area (Å²) in [7, 11) is 0. The molecule has 1 aromatic rings. The average Bonchev–Trinajstić information content (AvgIpc) is 3.26. The molecule has 5 rings (SSSR count). The first-order valence-electron chi connectivity index (χ1n) is 16.2. The molecule has 3 fully saturated rings. The van der Waals surface area contributed by atoms with Gasteiger partial charge in [0, 0.05) is 16.7 Å². The number of fused-ring (bicyclic) bond motifs is 5. The Hall–Kier alpha value is -3.41. The maximum absolute atomic E-state index is 17.3. The van der Waals surface area contributed by atoms with Gasteiger partial charge in [0.2, 0.25) is 5.78 Å². The van der Waals surface area contributed by atoms with Gasteiger partial charge in [0.15, 0.2) is 23.7 Å². The summed E-state index contributed by atoms with van der Waals surface area (Å²) in [5.41, 5.74) is -0.187. The predicted octanol–water partition coefficient (Wildman–Crippen LogP) is 1.30. The van der Waals surface area contributed by atoms with Crippen molar-refractivity contribution in [2.45, 2.75) is 81.9 Å². The summed E-state index contributed by atoms with van der Waals surface area (Å²) in [4.78, 5) is 55.4. The van der Waals surface area contributed by atoms with Crippen LogP contribution in [0.4, 0.5) is 4.39 Å². The molecule has 15 heteroatoms. The number of carbonyl (C=O) groups is 4. The minimum Gasteiger partial charge on any atom is -0.460 e. The van der Waals surface area contributed by atoms with Gasteiger partial charge in [-0.1, -0.05) is 30.7 Å². The van der Waals surface area contributed by atoms with Gasteiger partial charge in [-0.25, -0.2) is 9.18 Å². The van der Waals surface area contributed by atoms with Crippen molar-refractivity contribution in [1.29, 1.82) is 0 Å². The van der Waals surface area contributed by atoms with E-state index in [4.69, 9.17) is 25.6 Å². The average molecular weight is 691 g/mol. The fourth-order valence-electron chi connectivity index (χ4n) is 8.68. The molecule has 1 aromatic carbocycles. The lowest BCUT2D eigenvalue weighted by Gasteiger charge is -2.62. The van der Waals surface area contributed by atoms with Crippen LogP contribution in [-0.2, 0) is 35.1 Å². The summed E-state index contributed by atoms with van der Waals surface area (Å²) in [6.45, 7) is 1.59. The first-order valence-corrected chi connectivity index (χ1v) is 16.2. The third-order valence-electron chi connectivity index (χ3n) is 11.3. The summed E-state index contributed by atoms with van der Waals surface area (Å²) >= 11 is 0. The van der Waals surface area contributed by atoms with E-state index in [1.54, 1.807) is 25.1 Å². The molecule has 3 saturated carbocycles. The summed E-state index contributed by atoms with van der Waals surface area (Å²) in [5.74, 6) is -4.80. The maximum Gasteiger partial charge on any atom is 0.338 e. The van der Waals surface area contributed by atoms with Crippen LogP contribution in [-0.4, -0.2) is 104 Å². The van der Waals surface area contributed by atoms with E-state index in [1.807, 2.05) is 0 Å². The van der Waals surface area contributed by atoms with Gasteiger partial charge in [0.25, 0.3) is 0 Å². The second kappa shape index (κ2) is 13.7. The molecule has 49 heavy (non-hydrogen) atoms. The van der Waals surface area contributed by atoms with Crippen LogP contribution in [0, 0.1) is 22.7 Å². The number of hydrogen-bond donors (Lipinski definition) is 6. The van der Waals surface area contributed by atoms with E-state index >= 15 is 4.39 Å². The van der Waals surface area contributed by atoms with E-state index < -0.39 is 88.5 Å². The zero-order valence-electron chi connectivity index (χ0n) is 27.3. The van der Waals surface area contributed by atoms with Crippen LogP contribution in [0.25, 0.3) is 0 Å². The number of esters is 2. The van der Waals surface area contributed by atoms with Crippen molar-refractivity contribution in [2.24, 2.45) is 28.4 Å². The lowest BCUT2D eigenvalue weighted by Crippen LogP contribution is -2.69. The van der Waals surface area contributed by atoms with Crippen molar-refractivity contribution in [1.82, 2.24) is 5.39 Å². The zero-order chi connectivity index (χ0) is 35.9. The second-order valence-electron chi connectivity index (χ2n) is 13.9. The first kappa shape index (κ1) is 36.9. The third-order valence-corrected chi connectivity index (χ3v) is 11.3. The number of allylic oxidation sites excluding steroid dienone is 4. The number of Topliss-reactive ketones (excluding diaryl/α,β-unsaturated/α-hetero) is 1. The largest absolute Gasteiger partial charge is 0.460 e. The molecule has 0 radical (unpaired) electrons. The Morgan fingerprint density at radius 1 is 1.12 bits per heavy atom. The number of nitrogens with two attached hydrogens (primary N) is 1. The molecule has 14 nitrogen and oxygen atoms in total. The molecule has 1 unspecified atom stereocenters. The molecule has 0 saturated heterocycles. The number of nitrogens with zero attached hydrogens (tertiary/aromatic N) is 1. The number of aliphatic hydroxyl groups is 3. The Labute approximate surface area is 281 Å². The number of ether oxygens (including phenoxy) is 2. The number of alkyl halides is 1. The lowest BCUT2D eigenvalue weighted by atomic mass is 9.44. The fraction of sp³-hybridized carbons (Fsp3) is 0.588. The second-order valence-corrected chi connectivity index (χ2v) is 13.9. The van der Waals surface area contributed by atoms with Gasteiger partial charge in [0.1, 0.15) is 12.6 Å². The number of aliphatic hydroxyl groups excluding tert-OH is 2. The zero-order valence-corrected chi connectivity index (χ0v) is 27.3. The van der Waals surface area contributed by atoms with Crippen LogP contribution in [0.15, 0.2) is 48.1 Å². The van der Waals surface area contributed by atoms with Crippen molar-refractivity contribution in [3.63, 3.8) is 0 Å². The van der Waals surface area contributed by atoms with Crippen LogP contribution in [0.1, 0.15) is 61.9 Å². The highest BCUT2D eigenvalue weighted by molar-refractivity contribution is 6.01. The molecule has 0 aromatic heterocycles. The van der Waals surface area contributed by atoms with Crippen molar-refractivity contribution in [3.05, 3.63) is 59.2 Å². The van der Waals surface area contributed by atoms with Gasteiger partial charge < -0.3 is 30.5 Å². The highest BCUT2D eigenvalue weighted by Gasteiger charge is 2.76. The van der Waals surface area contributed by atoms with Gasteiger partial charge in [-0.3, -0.25) is 29.6 Å². The molecule has 0 bridgehead atoms. The molecule has 0 amide bonds. The minimum atomic E-state index is -2.49. The summed E-state index contributed by atoms with van der Waals surface area (Å²) in [6.07, 6.45) is 1.78. The quantitative estimate of drug-likeness (QED) is 0.103. The smallest absolute Gasteiger partial charge is 0.338 e. The molecular weight excluding hydrogens is 647 g/mol.